The fourth-order valence-electron chi connectivity index (χ4n) is 1.70. The van der Waals surface area contributed by atoms with Gasteiger partial charge in [0, 0.05) is 15.9 Å². The number of sulfone groups is 1. The summed E-state index contributed by atoms with van der Waals surface area (Å²) in [5.74, 6) is 0.0854. The van der Waals surface area contributed by atoms with Crippen LogP contribution >= 0.6 is 38.9 Å². The third-order valence-corrected chi connectivity index (χ3v) is 7.01. The molecule has 1 N–H and O–H groups in total. The smallest absolute Gasteiger partial charge is 0.180 e. The van der Waals surface area contributed by atoms with E-state index < -0.39 is 9.84 Å². The zero-order chi connectivity index (χ0) is 14.8. The summed E-state index contributed by atoms with van der Waals surface area (Å²) < 4.78 is 25.6. The van der Waals surface area contributed by atoms with Crippen molar-refractivity contribution in [1.29, 1.82) is 0 Å². The minimum absolute atomic E-state index is 0.0854. The summed E-state index contributed by atoms with van der Waals surface area (Å²) in [6.45, 7) is 2.18. The van der Waals surface area contributed by atoms with E-state index in [1.54, 1.807) is 25.1 Å². The Labute approximate surface area is 136 Å². The van der Waals surface area contributed by atoms with Gasteiger partial charge in [0.05, 0.1) is 16.3 Å². The van der Waals surface area contributed by atoms with Crippen LogP contribution in [0.3, 0.4) is 0 Å². The molecular formula is C13H13BrClNO2S2. The molecule has 108 valence electrons. The molecule has 2 rings (SSSR count). The van der Waals surface area contributed by atoms with Crippen LogP contribution in [0.5, 0.6) is 0 Å². The Hall–Kier alpha value is -0.560. The van der Waals surface area contributed by atoms with Crippen molar-refractivity contribution in [2.24, 2.45) is 0 Å². The van der Waals surface area contributed by atoms with E-state index >= 15 is 0 Å². The second kappa shape index (κ2) is 6.47. The summed E-state index contributed by atoms with van der Waals surface area (Å²) in [6, 6.07) is 8.86. The molecule has 0 amide bonds. The van der Waals surface area contributed by atoms with Crippen molar-refractivity contribution in [3.63, 3.8) is 0 Å². The Bertz CT molecular complexity index is 693. The number of rotatable bonds is 5. The van der Waals surface area contributed by atoms with E-state index in [2.05, 4.69) is 21.2 Å². The third kappa shape index (κ3) is 3.55. The van der Waals surface area contributed by atoms with Gasteiger partial charge in [0.2, 0.25) is 0 Å². The molecule has 1 aromatic carbocycles. The lowest BCUT2D eigenvalue weighted by molar-refractivity contribution is 0.597. The highest BCUT2D eigenvalue weighted by atomic mass is 79.9. The summed E-state index contributed by atoms with van der Waals surface area (Å²) in [5.41, 5.74) is 0.620. The number of nitrogens with one attached hydrogen (secondary N) is 1. The van der Waals surface area contributed by atoms with Gasteiger partial charge >= 0.3 is 0 Å². The molecule has 0 unspecified atom stereocenters. The maximum Gasteiger partial charge on any atom is 0.180 e. The molecule has 0 aliphatic rings. The first-order chi connectivity index (χ1) is 9.44. The first-order valence-corrected chi connectivity index (χ1v) is 9.57. The first-order valence-electron chi connectivity index (χ1n) is 5.93. The predicted octanol–water partition coefficient (Wildman–Crippen LogP) is 4.57. The van der Waals surface area contributed by atoms with Gasteiger partial charge in [-0.1, -0.05) is 30.7 Å². The van der Waals surface area contributed by atoms with E-state index in [1.807, 2.05) is 12.1 Å². The van der Waals surface area contributed by atoms with Crippen LogP contribution in [-0.2, 0) is 16.4 Å². The van der Waals surface area contributed by atoms with Crippen molar-refractivity contribution in [2.75, 3.05) is 11.1 Å². The van der Waals surface area contributed by atoms with Gasteiger partial charge in [-0.3, -0.25) is 0 Å². The number of halogens is 2. The number of hydrogen-bond acceptors (Lipinski definition) is 4. The van der Waals surface area contributed by atoms with E-state index in [0.717, 1.165) is 9.35 Å². The second-order valence-electron chi connectivity index (χ2n) is 4.09. The van der Waals surface area contributed by atoms with Crippen LogP contribution in [0.25, 0.3) is 0 Å². The topological polar surface area (TPSA) is 46.2 Å². The highest BCUT2D eigenvalue weighted by molar-refractivity contribution is 9.10. The lowest BCUT2D eigenvalue weighted by atomic mass is 10.3. The number of thiophene rings is 1. The van der Waals surface area contributed by atoms with Gasteiger partial charge < -0.3 is 5.32 Å². The molecule has 20 heavy (non-hydrogen) atoms. The normalized spacial score (nSPS) is 11.6. The Morgan fingerprint density at radius 2 is 2.05 bits per heavy atom. The van der Waals surface area contributed by atoms with Gasteiger partial charge in [0.1, 0.15) is 4.34 Å². The van der Waals surface area contributed by atoms with Gasteiger partial charge in [-0.15, -0.1) is 11.3 Å². The monoisotopic (exact) mass is 393 g/mol. The maximum atomic E-state index is 12.0. The van der Waals surface area contributed by atoms with Crippen molar-refractivity contribution in [3.05, 3.63) is 44.0 Å². The molecular weight excluding hydrogens is 382 g/mol. The average molecular weight is 395 g/mol. The predicted molar refractivity (Wildman–Crippen MR) is 88.5 cm³/mol. The van der Waals surface area contributed by atoms with Gasteiger partial charge in [-0.25, -0.2) is 8.42 Å². The molecule has 1 aromatic heterocycles. The highest BCUT2D eigenvalue weighted by Crippen LogP contribution is 2.32. The average Bonchev–Trinajstić information content (AvgIpc) is 2.76. The molecule has 7 heteroatoms. The van der Waals surface area contributed by atoms with Crippen LogP contribution in [0, 0.1) is 0 Å². The van der Waals surface area contributed by atoms with Crippen molar-refractivity contribution >= 4 is 54.4 Å². The van der Waals surface area contributed by atoms with Crippen LogP contribution in [-0.4, -0.2) is 14.2 Å². The molecule has 0 aliphatic carbocycles. The van der Waals surface area contributed by atoms with Crippen molar-refractivity contribution in [3.8, 4) is 0 Å². The minimum atomic E-state index is -3.23. The SMILES string of the molecule is CCS(=O)(=O)c1ccccc1NCc1cc(Br)c(Cl)s1. The zero-order valence-corrected chi connectivity index (χ0v) is 14.7. The molecule has 0 aliphatic heterocycles. The standard InChI is InChI=1S/C13H13BrClNO2S2/c1-2-20(17,18)12-6-4-3-5-11(12)16-8-9-7-10(14)13(15)19-9/h3-7,16H,2,8H2,1H3. The number of hydrogen-bond donors (Lipinski definition) is 1. The molecule has 1 heterocycles. The van der Waals surface area contributed by atoms with E-state index in [9.17, 15) is 8.42 Å². The van der Waals surface area contributed by atoms with E-state index in [1.165, 1.54) is 11.3 Å². The molecule has 0 radical (unpaired) electrons. The number of benzene rings is 1. The summed E-state index contributed by atoms with van der Waals surface area (Å²) in [7, 11) is -3.23. The molecule has 0 saturated carbocycles. The van der Waals surface area contributed by atoms with Crippen LogP contribution in [0.2, 0.25) is 4.34 Å². The van der Waals surface area contributed by atoms with Gasteiger partial charge in [-0.2, -0.15) is 0 Å². The zero-order valence-electron chi connectivity index (χ0n) is 10.7. The van der Waals surface area contributed by atoms with Crippen molar-refractivity contribution in [1.82, 2.24) is 0 Å². The highest BCUT2D eigenvalue weighted by Gasteiger charge is 2.16. The first kappa shape index (κ1) is 15.8. The minimum Gasteiger partial charge on any atom is -0.379 e. The fraction of sp³-hybridized carbons (Fsp3) is 0.231. The summed E-state index contributed by atoms with van der Waals surface area (Å²) >= 11 is 10.8. The number of para-hydroxylation sites is 1. The Morgan fingerprint density at radius 3 is 2.65 bits per heavy atom. The molecule has 0 atom stereocenters. The largest absolute Gasteiger partial charge is 0.379 e. The van der Waals surface area contributed by atoms with Gasteiger partial charge in [-0.05, 0) is 34.1 Å². The quantitative estimate of drug-likeness (QED) is 0.808. The van der Waals surface area contributed by atoms with E-state index in [4.69, 9.17) is 11.6 Å². The Morgan fingerprint density at radius 1 is 1.35 bits per heavy atom. The van der Waals surface area contributed by atoms with Gasteiger partial charge in [0.15, 0.2) is 9.84 Å². The second-order valence-corrected chi connectivity index (χ2v) is 8.93. The third-order valence-electron chi connectivity index (χ3n) is 2.75. The lowest BCUT2D eigenvalue weighted by Gasteiger charge is -2.10. The lowest BCUT2D eigenvalue weighted by Crippen LogP contribution is -2.08. The molecule has 0 spiro atoms. The van der Waals surface area contributed by atoms with Crippen LogP contribution in [0.4, 0.5) is 5.69 Å². The molecule has 0 bridgehead atoms. The fourth-order valence-corrected chi connectivity index (χ4v) is 4.50. The maximum absolute atomic E-state index is 12.0. The van der Waals surface area contributed by atoms with Crippen molar-refractivity contribution in [2.45, 2.75) is 18.4 Å². The van der Waals surface area contributed by atoms with Crippen molar-refractivity contribution < 1.29 is 8.42 Å². The summed E-state index contributed by atoms with van der Waals surface area (Å²) in [4.78, 5) is 1.37. The molecule has 3 nitrogen and oxygen atoms in total. The molecule has 0 saturated heterocycles. The Kier molecular flexibility index (Phi) is 5.12. The van der Waals surface area contributed by atoms with E-state index in [0.29, 0.717) is 21.5 Å². The summed E-state index contributed by atoms with van der Waals surface area (Å²) in [6.07, 6.45) is 0. The Balaban J connectivity index is 2.22. The summed E-state index contributed by atoms with van der Waals surface area (Å²) in [5, 5.41) is 3.16. The number of anilines is 1. The van der Waals surface area contributed by atoms with Crippen LogP contribution in [0.1, 0.15) is 11.8 Å². The molecule has 2 aromatic rings. The van der Waals surface area contributed by atoms with Crippen LogP contribution in [0.15, 0.2) is 39.7 Å². The molecule has 0 fully saturated rings. The van der Waals surface area contributed by atoms with Crippen LogP contribution < -0.4 is 5.32 Å². The van der Waals surface area contributed by atoms with E-state index in [-0.39, 0.29) is 5.75 Å². The van der Waals surface area contributed by atoms with Gasteiger partial charge in [0.25, 0.3) is 0 Å².